The van der Waals surface area contributed by atoms with Crippen LogP contribution in [0.4, 0.5) is 5.69 Å². The van der Waals surface area contributed by atoms with Crippen LogP contribution in [0.5, 0.6) is 5.75 Å². The zero-order chi connectivity index (χ0) is 22.5. The third-order valence-electron chi connectivity index (χ3n) is 4.82. The minimum absolute atomic E-state index is 0.0817. The lowest BCUT2D eigenvalue weighted by atomic mass is 10.1. The molecule has 1 heterocycles. The molecule has 0 aliphatic heterocycles. The lowest BCUT2D eigenvalue weighted by molar-refractivity contribution is -0.113. The summed E-state index contributed by atoms with van der Waals surface area (Å²) in [6.45, 7) is 10.6. The molecule has 1 amide bonds. The maximum atomic E-state index is 12.5. The molecule has 1 N–H and O–H groups in total. The highest BCUT2D eigenvalue weighted by Gasteiger charge is 2.20. The van der Waals surface area contributed by atoms with E-state index in [1.165, 1.54) is 11.8 Å². The predicted molar refractivity (Wildman–Crippen MR) is 126 cm³/mol. The molecular weight excluding hydrogens is 432 g/mol. The molecule has 0 saturated carbocycles. The smallest absolute Gasteiger partial charge is 0.234 e. The van der Waals surface area contributed by atoms with Crippen molar-refractivity contribution in [2.24, 2.45) is 0 Å². The van der Waals surface area contributed by atoms with Gasteiger partial charge in [-0.25, -0.2) is 0 Å². The summed E-state index contributed by atoms with van der Waals surface area (Å²) in [7, 11) is 0. The van der Waals surface area contributed by atoms with E-state index in [0.717, 1.165) is 22.4 Å². The van der Waals surface area contributed by atoms with Gasteiger partial charge in [0.15, 0.2) is 17.1 Å². The molecule has 2 aromatic carbocycles. The van der Waals surface area contributed by atoms with Crippen LogP contribution < -0.4 is 10.1 Å². The van der Waals surface area contributed by atoms with Crippen molar-refractivity contribution in [3.8, 4) is 5.75 Å². The standard InChI is InChI=1S/C23H27ClN4O2S/c1-6-28-22(17(5)30-20-12-15(3)8-10-18(20)24)26-27-23(28)31-13-21(29)25-19-11-14(2)7-9-16(19)4/h7-12,17H,6,13H2,1-5H3,(H,25,29). The van der Waals surface area contributed by atoms with Crippen LogP contribution >= 0.6 is 23.4 Å². The highest BCUT2D eigenvalue weighted by Crippen LogP contribution is 2.30. The third kappa shape index (κ3) is 5.80. The summed E-state index contributed by atoms with van der Waals surface area (Å²) in [5, 5.41) is 12.8. The summed E-state index contributed by atoms with van der Waals surface area (Å²) in [5.41, 5.74) is 4.03. The second-order valence-corrected chi connectivity index (χ2v) is 8.78. The Kier molecular flexibility index (Phi) is 7.62. The van der Waals surface area contributed by atoms with E-state index < -0.39 is 0 Å². The second-order valence-electron chi connectivity index (χ2n) is 7.43. The number of nitrogens with one attached hydrogen (secondary N) is 1. The number of amides is 1. The summed E-state index contributed by atoms with van der Waals surface area (Å²) >= 11 is 7.62. The Bertz CT molecular complexity index is 1080. The van der Waals surface area contributed by atoms with Gasteiger partial charge in [0.25, 0.3) is 0 Å². The molecular formula is C23H27ClN4O2S. The third-order valence-corrected chi connectivity index (χ3v) is 6.09. The van der Waals surface area contributed by atoms with Gasteiger partial charge < -0.3 is 14.6 Å². The summed E-state index contributed by atoms with van der Waals surface area (Å²) in [6.07, 6.45) is -0.343. The average molecular weight is 459 g/mol. The van der Waals surface area contributed by atoms with Crippen molar-refractivity contribution in [1.29, 1.82) is 0 Å². The number of anilines is 1. The van der Waals surface area contributed by atoms with E-state index in [1.807, 2.05) is 75.6 Å². The Morgan fingerprint density at radius 3 is 2.61 bits per heavy atom. The molecule has 0 saturated heterocycles. The Morgan fingerprint density at radius 2 is 1.87 bits per heavy atom. The quantitative estimate of drug-likeness (QED) is 0.435. The SMILES string of the molecule is CCn1c(SCC(=O)Nc2cc(C)ccc2C)nnc1C(C)Oc1cc(C)ccc1Cl. The molecule has 164 valence electrons. The summed E-state index contributed by atoms with van der Waals surface area (Å²) in [5.74, 6) is 1.46. The largest absolute Gasteiger partial charge is 0.481 e. The minimum atomic E-state index is -0.343. The molecule has 0 bridgehead atoms. The fourth-order valence-corrected chi connectivity index (χ4v) is 4.11. The molecule has 1 aromatic heterocycles. The summed E-state index contributed by atoms with van der Waals surface area (Å²) in [6, 6.07) is 11.7. The first kappa shape index (κ1) is 23.2. The Hall–Kier alpha value is -2.51. The maximum Gasteiger partial charge on any atom is 0.234 e. The van der Waals surface area contributed by atoms with E-state index in [2.05, 4.69) is 15.5 Å². The van der Waals surface area contributed by atoms with Gasteiger partial charge in [0.05, 0.1) is 10.8 Å². The van der Waals surface area contributed by atoms with Crippen molar-refractivity contribution < 1.29 is 9.53 Å². The van der Waals surface area contributed by atoms with Gasteiger partial charge in [-0.2, -0.15) is 0 Å². The predicted octanol–water partition coefficient (Wildman–Crippen LogP) is 5.75. The van der Waals surface area contributed by atoms with Crippen LogP contribution in [-0.2, 0) is 11.3 Å². The Balaban J connectivity index is 1.67. The molecule has 0 radical (unpaired) electrons. The molecule has 3 aromatic rings. The van der Waals surface area contributed by atoms with Gasteiger partial charge in [-0.3, -0.25) is 4.79 Å². The molecule has 8 heteroatoms. The van der Waals surface area contributed by atoms with Crippen LogP contribution in [-0.4, -0.2) is 26.4 Å². The number of aromatic nitrogens is 3. The normalized spacial score (nSPS) is 11.9. The Labute approximate surface area is 192 Å². The first-order valence-electron chi connectivity index (χ1n) is 10.1. The average Bonchev–Trinajstić information content (AvgIpc) is 3.15. The fraction of sp³-hybridized carbons (Fsp3) is 0.348. The van der Waals surface area contributed by atoms with E-state index in [4.69, 9.17) is 16.3 Å². The van der Waals surface area contributed by atoms with Gasteiger partial charge in [0.2, 0.25) is 5.91 Å². The van der Waals surface area contributed by atoms with Crippen LogP contribution in [0.1, 0.15) is 42.5 Å². The van der Waals surface area contributed by atoms with Crippen LogP contribution in [0.2, 0.25) is 5.02 Å². The number of hydrogen-bond donors (Lipinski definition) is 1. The lowest BCUT2D eigenvalue weighted by Crippen LogP contribution is -2.16. The highest BCUT2D eigenvalue weighted by atomic mass is 35.5. The second kappa shape index (κ2) is 10.2. The molecule has 0 fully saturated rings. The zero-order valence-electron chi connectivity index (χ0n) is 18.4. The molecule has 31 heavy (non-hydrogen) atoms. The number of rotatable bonds is 8. The number of carbonyl (C=O) groups excluding carboxylic acids is 1. The van der Waals surface area contributed by atoms with E-state index in [0.29, 0.717) is 28.3 Å². The van der Waals surface area contributed by atoms with Crippen LogP contribution in [0.15, 0.2) is 41.6 Å². The van der Waals surface area contributed by atoms with Gasteiger partial charge >= 0.3 is 0 Å². The van der Waals surface area contributed by atoms with Crippen molar-refractivity contribution in [1.82, 2.24) is 14.8 Å². The molecule has 0 spiro atoms. The van der Waals surface area contributed by atoms with Crippen LogP contribution in [0.25, 0.3) is 0 Å². The van der Waals surface area contributed by atoms with E-state index in [1.54, 1.807) is 0 Å². The van der Waals surface area contributed by atoms with Gasteiger partial charge in [-0.1, -0.05) is 41.6 Å². The topological polar surface area (TPSA) is 69.0 Å². The number of ether oxygens (including phenoxy) is 1. The van der Waals surface area contributed by atoms with Gasteiger partial charge in [0, 0.05) is 12.2 Å². The molecule has 0 aliphatic carbocycles. The van der Waals surface area contributed by atoms with Gasteiger partial charge in [-0.15, -0.1) is 10.2 Å². The van der Waals surface area contributed by atoms with Gasteiger partial charge in [-0.05, 0) is 69.5 Å². The van der Waals surface area contributed by atoms with Crippen molar-refractivity contribution in [3.05, 3.63) is 63.9 Å². The van der Waals surface area contributed by atoms with Crippen LogP contribution in [0.3, 0.4) is 0 Å². The number of carbonyl (C=O) groups is 1. The number of thioether (sulfide) groups is 1. The summed E-state index contributed by atoms with van der Waals surface area (Å²) in [4.78, 5) is 12.5. The number of benzene rings is 2. The highest BCUT2D eigenvalue weighted by molar-refractivity contribution is 7.99. The molecule has 3 rings (SSSR count). The lowest BCUT2D eigenvalue weighted by Gasteiger charge is -2.17. The fourth-order valence-electron chi connectivity index (χ4n) is 3.14. The van der Waals surface area contributed by atoms with Crippen molar-refractivity contribution in [2.75, 3.05) is 11.1 Å². The number of hydrogen-bond acceptors (Lipinski definition) is 5. The van der Waals surface area contributed by atoms with Crippen molar-refractivity contribution in [3.63, 3.8) is 0 Å². The first-order chi connectivity index (χ1) is 14.8. The number of aryl methyl sites for hydroxylation is 3. The monoisotopic (exact) mass is 458 g/mol. The van der Waals surface area contributed by atoms with Crippen molar-refractivity contribution >= 4 is 35.0 Å². The zero-order valence-corrected chi connectivity index (χ0v) is 20.0. The van der Waals surface area contributed by atoms with Gasteiger partial charge in [0.1, 0.15) is 5.75 Å². The van der Waals surface area contributed by atoms with E-state index in [9.17, 15) is 4.79 Å². The molecule has 1 unspecified atom stereocenters. The number of nitrogens with zero attached hydrogens (tertiary/aromatic N) is 3. The number of halogens is 1. The molecule has 1 atom stereocenters. The maximum absolute atomic E-state index is 12.5. The van der Waals surface area contributed by atoms with E-state index in [-0.39, 0.29) is 17.8 Å². The summed E-state index contributed by atoms with van der Waals surface area (Å²) < 4.78 is 8.02. The minimum Gasteiger partial charge on any atom is -0.481 e. The van der Waals surface area contributed by atoms with Crippen molar-refractivity contribution in [2.45, 2.75) is 52.4 Å². The first-order valence-corrected chi connectivity index (χ1v) is 11.5. The van der Waals surface area contributed by atoms with E-state index >= 15 is 0 Å². The molecule has 6 nitrogen and oxygen atoms in total. The van der Waals surface area contributed by atoms with Crippen LogP contribution in [0, 0.1) is 20.8 Å². The molecule has 0 aliphatic rings. The Morgan fingerprint density at radius 1 is 1.16 bits per heavy atom.